The van der Waals surface area contributed by atoms with Crippen molar-refractivity contribution < 1.29 is 53.4 Å². The van der Waals surface area contributed by atoms with Crippen molar-refractivity contribution in [2.75, 3.05) is 20.7 Å². The number of hydrogen-bond acceptors (Lipinski definition) is 12. The normalized spacial score (nSPS) is 42.9. The maximum absolute atomic E-state index is 13.6. The number of rotatable bonds is 8. The maximum Gasteiger partial charge on any atom is 0.311 e. The Labute approximate surface area is 280 Å². The van der Waals surface area contributed by atoms with Gasteiger partial charge in [0.25, 0.3) is 0 Å². The Hall–Kier alpha value is -2.13. The van der Waals surface area contributed by atoms with E-state index in [1.54, 1.807) is 40.7 Å². The van der Waals surface area contributed by atoms with Crippen LogP contribution in [0.2, 0.25) is 0 Å². The smallest absolute Gasteiger partial charge is 0.311 e. The second-order valence-corrected chi connectivity index (χ2v) is 14.2. The fourth-order valence-electron chi connectivity index (χ4n) is 6.91. The van der Waals surface area contributed by atoms with E-state index in [-0.39, 0.29) is 31.6 Å². The number of ether oxygens (including phenoxy) is 5. The number of likely N-dealkylation sites (N-methyl/N-ethyl adjacent to an activating group) is 1. The van der Waals surface area contributed by atoms with Gasteiger partial charge in [-0.25, -0.2) is 0 Å². The summed E-state index contributed by atoms with van der Waals surface area (Å²) in [5.41, 5.74) is -3.22. The van der Waals surface area contributed by atoms with Crippen molar-refractivity contribution in [2.45, 2.75) is 148 Å². The van der Waals surface area contributed by atoms with E-state index in [1.165, 1.54) is 20.8 Å². The first-order chi connectivity index (χ1) is 21.7. The molecule has 0 aromatic heterocycles. The minimum Gasteiger partial charge on any atom is -0.459 e. The lowest BCUT2D eigenvalue weighted by Gasteiger charge is -2.48. The van der Waals surface area contributed by atoms with Gasteiger partial charge in [0.2, 0.25) is 5.91 Å². The highest BCUT2D eigenvalue weighted by Crippen LogP contribution is 2.38. The minimum absolute atomic E-state index is 0.0664. The van der Waals surface area contributed by atoms with Gasteiger partial charge in [0, 0.05) is 18.8 Å². The van der Waals surface area contributed by atoms with Crippen molar-refractivity contribution in [1.29, 1.82) is 0 Å². The number of hydrogen-bond donors (Lipinski definition) is 4. The first-order valence-electron chi connectivity index (χ1n) is 16.7. The molecular weight excluding hydrogens is 612 g/mol. The molecule has 1 amide bonds. The van der Waals surface area contributed by atoms with E-state index in [2.05, 4.69) is 11.9 Å². The summed E-state index contributed by atoms with van der Waals surface area (Å²) in [5.74, 6) is -4.39. The average Bonchev–Trinajstić information content (AvgIpc) is 2.99. The molecule has 2 aliphatic rings. The van der Waals surface area contributed by atoms with E-state index < -0.39 is 89.7 Å². The van der Waals surface area contributed by atoms with Gasteiger partial charge in [-0.3, -0.25) is 14.4 Å². The van der Waals surface area contributed by atoms with Crippen molar-refractivity contribution in [1.82, 2.24) is 10.2 Å². The van der Waals surface area contributed by atoms with Crippen molar-refractivity contribution in [2.24, 2.45) is 17.8 Å². The van der Waals surface area contributed by atoms with Crippen LogP contribution in [0.1, 0.15) is 81.6 Å². The van der Waals surface area contributed by atoms with Crippen LogP contribution in [0.5, 0.6) is 0 Å². The van der Waals surface area contributed by atoms with Gasteiger partial charge >= 0.3 is 11.9 Å². The summed E-state index contributed by atoms with van der Waals surface area (Å²) >= 11 is 0. The van der Waals surface area contributed by atoms with Crippen LogP contribution in [-0.2, 0) is 38.1 Å². The predicted molar refractivity (Wildman–Crippen MR) is 174 cm³/mol. The quantitative estimate of drug-likeness (QED) is 0.218. The van der Waals surface area contributed by atoms with Gasteiger partial charge in [-0.05, 0) is 68.0 Å². The van der Waals surface area contributed by atoms with E-state index in [0.717, 1.165) is 0 Å². The Morgan fingerprint density at radius 2 is 1.77 bits per heavy atom. The predicted octanol–water partition coefficient (Wildman–Crippen LogP) is 1.94. The van der Waals surface area contributed by atoms with E-state index in [4.69, 9.17) is 23.7 Å². The van der Waals surface area contributed by atoms with Crippen LogP contribution in [-0.4, -0.2) is 125 Å². The zero-order valence-corrected chi connectivity index (χ0v) is 30.1. The third-order valence-electron chi connectivity index (χ3n) is 9.75. The van der Waals surface area contributed by atoms with Crippen molar-refractivity contribution >= 4 is 17.8 Å². The topological polar surface area (TPSA) is 173 Å². The number of aliphatic hydroxyl groups is 3. The van der Waals surface area contributed by atoms with Crippen LogP contribution >= 0.6 is 0 Å². The van der Waals surface area contributed by atoms with Gasteiger partial charge in [0.15, 0.2) is 12.4 Å². The zero-order valence-electron chi connectivity index (χ0n) is 30.1. The molecule has 0 aromatic rings. The molecule has 13 heteroatoms. The molecule has 14 atom stereocenters. The number of esters is 2. The van der Waals surface area contributed by atoms with Crippen LogP contribution in [0.15, 0.2) is 12.7 Å². The molecule has 0 spiro atoms. The molecule has 2 aliphatic heterocycles. The van der Waals surface area contributed by atoms with E-state index in [0.29, 0.717) is 6.42 Å². The second kappa shape index (κ2) is 17.0. The number of nitrogens with zero attached hydrogens (tertiary/aromatic N) is 1. The second-order valence-electron chi connectivity index (χ2n) is 14.2. The lowest BCUT2D eigenvalue weighted by atomic mass is 9.77. The molecule has 47 heavy (non-hydrogen) atoms. The van der Waals surface area contributed by atoms with Gasteiger partial charge in [0.1, 0.15) is 17.8 Å². The maximum atomic E-state index is 13.6. The summed E-state index contributed by atoms with van der Waals surface area (Å²) in [7, 11) is 3.74. The molecule has 2 fully saturated rings. The lowest BCUT2D eigenvalue weighted by molar-refractivity contribution is -0.304. The van der Waals surface area contributed by atoms with Crippen LogP contribution in [0.25, 0.3) is 0 Å². The highest BCUT2D eigenvalue weighted by atomic mass is 16.7. The summed E-state index contributed by atoms with van der Waals surface area (Å²) in [6.45, 7) is 18.3. The average molecular weight is 673 g/mol. The number of carbonyl (C=O) groups excluding carboxylic acids is 3. The highest BCUT2D eigenvalue weighted by Gasteiger charge is 2.51. The third-order valence-corrected chi connectivity index (χ3v) is 9.75. The van der Waals surface area contributed by atoms with Crippen LogP contribution in [0.3, 0.4) is 0 Å². The molecule has 0 unspecified atom stereocenters. The molecule has 2 saturated heterocycles. The summed E-state index contributed by atoms with van der Waals surface area (Å²) in [6.07, 6.45) is -4.91. The van der Waals surface area contributed by atoms with Crippen molar-refractivity contribution in [3.8, 4) is 0 Å². The van der Waals surface area contributed by atoms with Crippen molar-refractivity contribution in [3.05, 3.63) is 12.7 Å². The van der Waals surface area contributed by atoms with Crippen molar-refractivity contribution in [3.63, 3.8) is 0 Å². The largest absolute Gasteiger partial charge is 0.459 e. The SMILES string of the molecule is C=CCO[C@]1(C)C[C@@H](C)C(=O)N[C@H](C)[C@@H](O)[C@](C)(O)[C@@H](CC)OC(=O)[C@H](C)[C@@H](O)[C@H](C)[C@H]1O[C@@H]1O[C@H](C)C[C@H](N(C)C)[C@H]1OC(C)=O. The summed E-state index contributed by atoms with van der Waals surface area (Å²) in [5, 5.41) is 37.0. The number of aliphatic hydroxyl groups excluding tert-OH is 2. The summed E-state index contributed by atoms with van der Waals surface area (Å²) in [4.78, 5) is 41.3. The number of carbonyl (C=O) groups is 3. The molecule has 2 heterocycles. The van der Waals surface area contributed by atoms with Gasteiger partial charge in [0.05, 0.1) is 48.5 Å². The Bertz CT molecular complexity index is 1070. The molecule has 2 rings (SSSR count). The Morgan fingerprint density at radius 1 is 1.15 bits per heavy atom. The first-order valence-corrected chi connectivity index (χ1v) is 16.7. The number of cyclic esters (lactones) is 1. The molecule has 272 valence electrons. The van der Waals surface area contributed by atoms with Gasteiger partial charge < -0.3 is 49.2 Å². The summed E-state index contributed by atoms with van der Waals surface area (Å²) in [6, 6.07) is -1.18. The summed E-state index contributed by atoms with van der Waals surface area (Å²) < 4.78 is 30.9. The van der Waals surface area contributed by atoms with Gasteiger partial charge in [-0.1, -0.05) is 26.8 Å². The van der Waals surface area contributed by atoms with Gasteiger partial charge in [-0.2, -0.15) is 0 Å². The highest BCUT2D eigenvalue weighted by molar-refractivity contribution is 5.78. The molecule has 0 aromatic carbocycles. The number of amides is 1. The van der Waals surface area contributed by atoms with Crippen LogP contribution < -0.4 is 5.32 Å². The monoisotopic (exact) mass is 672 g/mol. The Balaban J connectivity index is 2.73. The fourth-order valence-corrected chi connectivity index (χ4v) is 6.91. The molecule has 0 aliphatic carbocycles. The molecule has 0 saturated carbocycles. The Morgan fingerprint density at radius 3 is 2.30 bits per heavy atom. The molecule has 4 N–H and O–H groups in total. The molecule has 13 nitrogen and oxygen atoms in total. The van der Waals surface area contributed by atoms with Crippen LogP contribution in [0, 0.1) is 17.8 Å². The third kappa shape index (κ3) is 9.96. The van der Waals surface area contributed by atoms with Gasteiger partial charge in [-0.15, -0.1) is 6.58 Å². The lowest BCUT2D eigenvalue weighted by Crippen LogP contribution is -2.60. The fraction of sp³-hybridized carbons (Fsp3) is 0.853. The Kier molecular flexibility index (Phi) is 14.8. The van der Waals surface area contributed by atoms with Crippen LogP contribution in [0.4, 0.5) is 0 Å². The molecular formula is C34H60N2O11. The number of nitrogens with one attached hydrogen (secondary N) is 1. The minimum atomic E-state index is -1.92. The first kappa shape index (κ1) is 41.0. The molecule has 0 radical (unpaired) electrons. The standard InChI is InChI=1S/C34H60N2O11/c1-13-15-43-33(9)17-18(3)30(40)35-22(7)28(39)34(10,42)25(14-2)46-31(41)21(6)26(38)20(5)29(33)47-32-27(45-23(8)37)24(36(11)12)16-19(4)44-32/h13,18-22,24-29,32,38-39,42H,1,14-17H2,2-12H3,(H,35,40)/t18-,19-,20+,21-,22-,24+,25-,26+,27-,28-,29-,32+,33-,34-/m1/s1. The zero-order chi connectivity index (χ0) is 36.0. The van der Waals surface area contributed by atoms with E-state index in [9.17, 15) is 29.7 Å². The molecule has 0 bridgehead atoms. The van der Waals surface area contributed by atoms with E-state index >= 15 is 0 Å². The van der Waals surface area contributed by atoms with E-state index in [1.807, 2.05) is 25.9 Å².